The lowest BCUT2D eigenvalue weighted by atomic mass is 9.67. The molecule has 1 aromatic rings. The van der Waals surface area contributed by atoms with Crippen molar-refractivity contribution >= 4 is 0 Å². The fraction of sp³-hybridized carbons (Fsp3) is 0.760. The van der Waals surface area contributed by atoms with Crippen LogP contribution >= 0.6 is 0 Å². The summed E-state index contributed by atoms with van der Waals surface area (Å²) < 4.78 is 100. The zero-order valence-corrected chi connectivity index (χ0v) is 19.0. The number of hydrogen-bond acceptors (Lipinski definition) is 1. The van der Waals surface area contributed by atoms with Crippen molar-refractivity contribution < 1.29 is 35.5 Å². The summed E-state index contributed by atoms with van der Waals surface area (Å²) in [6, 6.07) is 2.23. The standard InChI is InChI=1S/C25H33F7O/c1-2-33-21-14-13-20(22(24(27,28)29)23(21)25(30,31)32)19-11-9-18(10-12-19)17-7-5-16(6-8-17)4-3-15-26/h13-14,16-19H,2-12,15H2,1H3. The maximum atomic E-state index is 13.9. The van der Waals surface area contributed by atoms with E-state index in [1.54, 1.807) is 0 Å². The van der Waals surface area contributed by atoms with Crippen LogP contribution in [-0.2, 0) is 12.4 Å². The molecule has 0 N–H and O–H groups in total. The minimum Gasteiger partial charge on any atom is -0.493 e. The average Bonchev–Trinajstić information content (AvgIpc) is 2.77. The Hall–Kier alpha value is -1.47. The van der Waals surface area contributed by atoms with E-state index in [4.69, 9.17) is 4.74 Å². The Kier molecular flexibility index (Phi) is 8.60. The lowest BCUT2D eigenvalue weighted by Gasteiger charge is -2.38. The molecule has 0 atom stereocenters. The highest BCUT2D eigenvalue weighted by Gasteiger charge is 2.48. The highest BCUT2D eigenvalue weighted by atomic mass is 19.4. The van der Waals surface area contributed by atoms with Gasteiger partial charge in [0.1, 0.15) is 11.3 Å². The van der Waals surface area contributed by atoms with Gasteiger partial charge in [-0.05, 0) is 93.6 Å². The summed E-state index contributed by atoms with van der Waals surface area (Å²) in [5, 5.41) is 0. The monoisotopic (exact) mass is 482 g/mol. The molecule has 0 aliphatic heterocycles. The second-order valence-electron chi connectivity index (χ2n) is 9.56. The maximum Gasteiger partial charge on any atom is 0.420 e. The van der Waals surface area contributed by atoms with Gasteiger partial charge in [0.15, 0.2) is 0 Å². The molecule has 0 unspecified atom stereocenters. The average molecular weight is 483 g/mol. The van der Waals surface area contributed by atoms with Gasteiger partial charge in [0.25, 0.3) is 0 Å². The van der Waals surface area contributed by atoms with E-state index in [0.717, 1.165) is 51.0 Å². The highest BCUT2D eigenvalue weighted by molar-refractivity contribution is 5.50. The van der Waals surface area contributed by atoms with Gasteiger partial charge in [-0.1, -0.05) is 18.9 Å². The molecule has 0 amide bonds. The van der Waals surface area contributed by atoms with Crippen molar-refractivity contribution in [3.63, 3.8) is 0 Å². The molecule has 1 nitrogen and oxygen atoms in total. The molecule has 0 heterocycles. The Morgan fingerprint density at radius 2 is 1.33 bits per heavy atom. The van der Waals surface area contributed by atoms with E-state index in [2.05, 4.69) is 0 Å². The Morgan fingerprint density at radius 3 is 1.82 bits per heavy atom. The number of halogens is 7. The first-order valence-electron chi connectivity index (χ1n) is 12.1. The van der Waals surface area contributed by atoms with Crippen LogP contribution in [0, 0.1) is 17.8 Å². The van der Waals surface area contributed by atoms with Gasteiger partial charge in [0.2, 0.25) is 0 Å². The van der Waals surface area contributed by atoms with E-state index in [9.17, 15) is 30.7 Å². The quantitative estimate of drug-likeness (QED) is 0.353. The third-order valence-electron chi connectivity index (χ3n) is 7.58. The summed E-state index contributed by atoms with van der Waals surface area (Å²) in [6.45, 7) is 1.00. The number of ether oxygens (including phenoxy) is 1. The molecule has 1 aromatic carbocycles. The second-order valence-corrected chi connectivity index (χ2v) is 9.56. The van der Waals surface area contributed by atoms with Crippen LogP contribution < -0.4 is 4.74 Å². The molecule has 0 spiro atoms. The molecule has 0 saturated heterocycles. The zero-order chi connectivity index (χ0) is 24.2. The van der Waals surface area contributed by atoms with Gasteiger partial charge < -0.3 is 4.74 Å². The van der Waals surface area contributed by atoms with E-state index in [0.29, 0.717) is 37.0 Å². The Bertz CT molecular complexity index is 755. The summed E-state index contributed by atoms with van der Waals surface area (Å²) in [7, 11) is 0. The molecular formula is C25H33F7O. The Labute approximate surface area is 191 Å². The van der Waals surface area contributed by atoms with Crippen molar-refractivity contribution in [3.8, 4) is 5.75 Å². The molecule has 3 rings (SSSR count). The minimum absolute atomic E-state index is 0.152. The largest absolute Gasteiger partial charge is 0.493 e. The SMILES string of the molecule is CCOc1ccc(C2CCC(C3CCC(CCCF)CC3)CC2)c(C(F)(F)F)c1C(F)(F)F. The molecule has 188 valence electrons. The molecule has 2 saturated carbocycles. The fourth-order valence-corrected chi connectivity index (χ4v) is 6.02. The van der Waals surface area contributed by atoms with Gasteiger partial charge in [-0.3, -0.25) is 4.39 Å². The summed E-state index contributed by atoms with van der Waals surface area (Å²) in [5.74, 6) is 0.172. The van der Waals surface area contributed by atoms with Crippen LogP contribution in [0.4, 0.5) is 30.7 Å². The normalized spacial score (nSPS) is 26.9. The first-order chi connectivity index (χ1) is 15.6. The van der Waals surface area contributed by atoms with Crippen molar-refractivity contribution in [2.24, 2.45) is 17.8 Å². The van der Waals surface area contributed by atoms with Gasteiger partial charge in [-0.25, -0.2) is 0 Å². The fourth-order valence-electron chi connectivity index (χ4n) is 6.02. The summed E-state index contributed by atoms with van der Waals surface area (Å²) >= 11 is 0. The van der Waals surface area contributed by atoms with E-state index >= 15 is 0 Å². The zero-order valence-electron chi connectivity index (χ0n) is 19.0. The van der Waals surface area contributed by atoms with Crippen LogP contribution in [0.25, 0.3) is 0 Å². The van der Waals surface area contributed by atoms with Gasteiger partial charge in [-0.15, -0.1) is 0 Å². The van der Waals surface area contributed by atoms with Crippen LogP contribution in [-0.4, -0.2) is 13.3 Å². The molecule has 8 heteroatoms. The second kappa shape index (κ2) is 10.9. The molecule has 2 aliphatic carbocycles. The molecule has 2 fully saturated rings. The van der Waals surface area contributed by atoms with E-state index in [1.807, 2.05) is 0 Å². The highest BCUT2D eigenvalue weighted by Crippen LogP contribution is 2.51. The van der Waals surface area contributed by atoms with Crippen LogP contribution in [0.5, 0.6) is 5.75 Å². The lowest BCUT2D eigenvalue weighted by molar-refractivity contribution is -0.163. The van der Waals surface area contributed by atoms with Crippen LogP contribution in [0.15, 0.2) is 12.1 Å². The molecule has 2 aliphatic rings. The summed E-state index contributed by atoms with van der Waals surface area (Å²) in [6.07, 6.45) is -2.14. The predicted molar refractivity (Wildman–Crippen MR) is 113 cm³/mol. The third-order valence-corrected chi connectivity index (χ3v) is 7.58. The number of hydrogen-bond donors (Lipinski definition) is 0. The van der Waals surface area contributed by atoms with Crippen molar-refractivity contribution in [1.29, 1.82) is 0 Å². The van der Waals surface area contributed by atoms with Gasteiger partial charge >= 0.3 is 12.4 Å². The molecule has 0 bridgehead atoms. The van der Waals surface area contributed by atoms with Crippen LogP contribution in [0.2, 0.25) is 0 Å². The topological polar surface area (TPSA) is 9.23 Å². The van der Waals surface area contributed by atoms with E-state index in [1.165, 1.54) is 13.0 Å². The smallest absolute Gasteiger partial charge is 0.420 e. The Morgan fingerprint density at radius 1 is 0.788 bits per heavy atom. The molecule has 33 heavy (non-hydrogen) atoms. The lowest BCUT2D eigenvalue weighted by Crippen LogP contribution is -2.27. The predicted octanol–water partition coefficient (Wildman–Crippen LogP) is 8.95. The first-order valence-corrected chi connectivity index (χ1v) is 12.1. The summed E-state index contributed by atoms with van der Waals surface area (Å²) in [5.41, 5.74) is -3.55. The van der Waals surface area contributed by atoms with Crippen LogP contribution in [0.1, 0.15) is 93.7 Å². The van der Waals surface area contributed by atoms with Crippen molar-refractivity contribution in [3.05, 3.63) is 28.8 Å². The number of rotatable bonds is 7. The van der Waals surface area contributed by atoms with Crippen molar-refractivity contribution in [2.75, 3.05) is 13.3 Å². The van der Waals surface area contributed by atoms with E-state index < -0.39 is 35.1 Å². The van der Waals surface area contributed by atoms with E-state index in [-0.39, 0.29) is 18.8 Å². The third kappa shape index (κ3) is 6.36. The minimum atomic E-state index is -5.16. The first kappa shape index (κ1) is 26.1. The van der Waals surface area contributed by atoms with Crippen LogP contribution in [0.3, 0.4) is 0 Å². The number of alkyl halides is 7. The molecular weight excluding hydrogens is 449 g/mol. The molecule has 0 aromatic heterocycles. The summed E-state index contributed by atoms with van der Waals surface area (Å²) in [4.78, 5) is 0. The van der Waals surface area contributed by atoms with Gasteiger partial charge in [-0.2, -0.15) is 26.3 Å². The van der Waals surface area contributed by atoms with Crippen molar-refractivity contribution in [2.45, 2.75) is 89.4 Å². The van der Waals surface area contributed by atoms with Gasteiger partial charge in [0, 0.05) is 0 Å². The maximum absolute atomic E-state index is 13.9. The molecule has 0 radical (unpaired) electrons. The van der Waals surface area contributed by atoms with Gasteiger partial charge in [0.05, 0.1) is 18.8 Å². The Balaban J connectivity index is 1.75. The number of benzene rings is 1. The van der Waals surface area contributed by atoms with Crippen molar-refractivity contribution in [1.82, 2.24) is 0 Å².